The van der Waals surface area contributed by atoms with Crippen LogP contribution < -0.4 is 10.1 Å². The third-order valence-corrected chi connectivity index (χ3v) is 3.84. The van der Waals surface area contributed by atoms with Crippen LogP contribution in [0.3, 0.4) is 0 Å². The predicted octanol–water partition coefficient (Wildman–Crippen LogP) is 2.93. The first kappa shape index (κ1) is 16.5. The minimum absolute atomic E-state index is 0.135. The molecule has 0 radical (unpaired) electrons. The molecule has 1 rings (SSSR count). The zero-order valence-electron chi connectivity index (χ0n) is 12.6. The van der Waals surface area contributed by atoms with Gasteiger partial charge in [-0.3, -0.25) is 0 Å². The van der Waals surface area contributed by atoms with Crippen LogP contribution in [0.1, 0.15) is 19.4 Å². The van der Waals surface area contributed by atoms with Gasteiger partial charge in [0.2, 0.25) is 0 Å². The van der Waals surface area contributed by atoms with E-state index in [0.29, 0.717) is 0 Å². The molecular weight excluding hydrogens is 304 g/mol. The molecule has 0 aromatic heterocycles. The van der Waals surface area contributed by atoms with E-state index in [9.17, 15) is 0 Å². The Hall–Kier alpha value is -0.580. The lowest BCUT2D eigenvalue weighted by molar-refractivity contribution is 0.246. The summed E-state index contributed by atoms with van der Waals surface area (Å²) in [4.78, 5) is 2.34. The maximum Gasteiger partial charge on any atom is 0.122 e. The van der Waals surface area contributed by atoms with E-state index in [1.54, 1.807) is 7.11 Å². The maximum atomic E-state index is 5.40. The van der Waals surface area contributed by atoms with Crippen molar-refractivity contribution in [3.8, 4) is 5.75 Å². The molecule has 0 saturated heterocycles. The van der Waals surface area contributed by atoms with Gasteiger partial charge in [-0.05, 0) is 58.1 Å². The molecular formula is C15H25BrN2O. The van der Waals surface area contributed by atoms with Crippen molar-refractivity contribution in [2.75, 3.05) is 34.3 Å². The van der Waals surface area contributed by atoms with Crippen LogP contribution in [-0.2, 0) is 6.42 Å². The molecule has 0 amide bonds. The van der Waals surface area contributed by atoms with Crippen molar-refractivity contribution in [1.29, 1.82) is 0 Å². The molecule has 0 aliphatic heterocycles. The molecule has 0 aliphatic rings. The Kier molecular flexibility index (Phi) is 6.30. The topological polar surface area (TPSA) is 24.5 Å². The zero-order chi connectivity index (χ0) is 14.5. The Morgan fingerprint density at radius 2 is 2.05 bits per heavy atom. The molecule has 0 spiro atoms. The van der Waals surface area contributed by atoms with Crippen LogP contribution in [0.4, 0.5) is 0 Å². The summed E-state index contributed by atoms with van der Waals surface area (Å²) in [6, 6.07) is 6.16. The number of rotatable bonds is 7. The SMILES string of the molecule is CNC(C)(C)CN(C)CCc1cc(Br)ccc1OC. The smallest absolute Gasteiger partial charge is 0.122 e. The van der Waals surface area contributed by atoms with Crippen molar-refractivity contribution >= 4 is 15.9 Å². The van der Waals surface area contributed by atoms with Crippen LogP contribution in [-0.4, -0.2) is 44.7 Å². The van der Waals surface area contributed by atoms with Crippen molar-refractivity contribution < 1.29 is 4.74 Å². The molecule has 108 valence electrons. The average Bonchev–Trinajstić information content (AvgIpc) is 2.36. The van der Waals surface area contributed by atoms with Gasteiger partial charge in [-0.2, -0.15) is 0 Å². The molecule has 1 N–H and O–H groups in total. The summed E-state index contributed by atoms with van der Waals surface area (Å²) in [6.07, 6.45) is 0.985. The van der Waals surface area contributed by atoms with Crippen molar-refractivity contribution in [2.24, 2.45) is 0 Å². The van der Waals surface area contributed by atoms with Gasteiger partial charge in [0.25, 0.3) is 0 Å². The normalized spacial score (nSPS) is 11.9. The average molecular weight is 329 g/mol. The minimum atomic E-state index is 0.135. The molecule has 0 saturated carbocycles. The molecule has 4 heteroatoms. The molecule has 0 heterocycles. The maximum absolute atomic E-state index is 5.40. The van der Waals surface area contributed by atoms with Gasteiger partial charge in [0.15, 0.2) is 0 Å². The van der Waals surface area contributed by atoms with Gasteiger partial charge < -0.3 is 15.0 Å². The summed E-state index contributed by atoms with van der Waals surface area (Å²) >= 11 is 3.51. The number of methoxy groups -OCH3 is 1. The summed E-state index contributed by atoms with van der Waals surface area (Å²) in [7, 11) is 5.88. The highest BCUT2D eigenvalue weighted by Gasteiger charge is 2.17. The fourth-order valence-electron chi connectivity index (χ4n) is 2.09. The fraction of sp³-hybridized carbons (Fsp3) is 0.600. The molecule has 0 atom stereocenters. The van der Waals surface area contributed by atoms with Gasteiger partial charge in [-0.1, -0.05) is 15.9 Å². The third-order valence-electron chi connectivity index (χ3n) is 3.35. The molecule has 0 aliphatic carbocycles. The van der Waals surface area contributed by atoms with Gasteiger partial charge in [0.1, 0.15) is 5.75 Å². The lowest BCUT2D eigenvalue weighted by Crippen LogP contribution is -2.46. The summed E-state index contributed by atoms with van der Waals surface area (Å²) in [5, 5.41) is 3.33. The van der Waals surface area contributed by atoms with Crippen LogP contribution in [0.5, 0.6) is 5.75 Å². The first-order valence-electron chi connectivity index (χ1n) is 6.58. The number of ether oxygens (including phenoxy) is 1. The number of likely N-dealkylation sites (N-methyl/N-ethyl adjacent to an activating group) is 2. The predicted molar refractivity (Wildman–Crippen MR) is 85.0 cm³/mol. The van der Waals surface area contributed by atoms with E-state index >= 15 is 0 Å². The van der Waals surface area contributed by atoms with Crippen molar-refractivity contribution in [2.45, 2.75) is 25.8 Å². The molecule has 1 aromatic rings. The summed E-state index contributed by atoms with van der Waals surface area (Å²) in [5.41, 5.74) is 1.38. The highest BCUT2D eigenvalue weighted by molar-refractivity contribution is 9.10. The van der Waals surface area contributed by atoms with Crippen LogP contribution >= 0.6 is 15.9 Å². The molecule has 0 bridgehead atoms. The molecule has 0 fully saturated rings. The second kappa shape index (κ2) is 7.27. The third kappa shape index (κ3) is 5.51. The van der Waals surface area contributed by atoms with Gasteiger partial charge in [-0.25, -0.2) is 0 Å². The first-order chi connectivity index (χ1) is 8.88. The lowest BCUT2D eigenvalue weighted by Gasteiger charge is -2.30. The second-order valence-corrected chi connectivity index (χ2v) is 6.49. The molecule has 0 unspecified atom stereocenters. The summed E-state index contributed by atoms with van der Waals surface area (Å²) in [6.45, 7) is 6.45. The number of nitrogens with one attached hydrogen (secondary N) is 1. The summed E-state index contributed by atoms with van der Waals surface area (Å²) < 4.78 is 6.50. The standard InChI is InChI=1S/C15H25BrN2O/c1-15(2,17-3)11-18(4)9-8-12-10-13(16)6-7-14(12)19-5/h6-7,10,17H,8-9,11H2,1-5H3. The fourth-order valence-corrected chi connectivity index (χ4v) is 2.50. The lowest BCUT2D eigenvalue weighted by atomic mass is 10.1. The van der Waals surface area contributed by atoms with E-state index < -0.39 is 0 Å². The van der Waals surface area contributed by atoms with E-state index in [-0.39, 0.29) is 5.54 Å². The van der Waals surface area contributed by atoms with Crippen LogP contribution in [0.25, 0.3) is 0 Å². The Bertz CT molecular complexity index is 407. The van der Waals surface area contributed by atoms with Crippen molar-refractivity contribution in [3.05, 3.63) is 28.2 Å². The monoisotopic (exact) mass is 328 g/mol. The summed E-state index contributed by atoms with van der Waals surface area (Å²) in [5.74, 6) is 0.962. The van der Waals surface area contributed by atoms with E-state index in [0.717, 1.165) is 29.7 Å². The van der Waals surface area contributed by atoms with E-state index in [2.05, 4.69) is 53.1 Å². The second-order valence-electron chi connectivity index (χ2n) is 5.58. The Labute approximate surface area is 125 Å². The molecule has 19 heavy (non-hydrogen) atoms. The van der Waals surface area contributed by atoms with Gasteiger partial charge in [-0.15, -0.1) is 0 Å². The van der Waals surface area contributed by atoms with Crippen molar-refractivity contribution in [3.63, 3.8) is 0 Å². The molecule has 1 aromatic carbocycles. The highest BCUT2D eigenvalue weighted by Crippen LogP contribution is 2.23. The number of benzene rings is 1. The number of hydrogen-bond acceptors (Lipinski definition) is 3. The van der Waals surface area contributed by atoms with Crippen LogP contribution in [0, 0.1) is 0 Å². The number of nitrogens with zero attached hydrogens (tertiary/aromatic N) is 1. The van der Waals surface area contributed by atoms with E-state index in [4.69, 9.17) is 4.74 Å². The minimum Gasteiger partial charge on any atom is -0.496 e. The van der Waals surface area contributed by atoms with Gasteiger partial charge in [0.05, 0.1) is 7.11 Å². The quantitative estimate of drug-likeness (QED) is 0.832. The Morgan fingerprint density at radius 1 is 1.37 bits per heavy atom. The van der Waals surface area contributed by atoms with Crippen LogP contribution in [0.2, 0.25) is 0 Å². The van der Waals surface area contributed by atoms with Crippen molar-refractivity contribution in [1.82, 2.24) is 10.2 Å². The Morgan fingerprint density at radius 3 is 2.63 bits per heavy atom. The largest absolute Gasteiger partial charge is 0.496 e. The van der Waals surface area contributed by atoms with E-state index in [1.807, 2.05) is 19.2 Å². The van der Waals surface area contributed by atoms with Gasteiger partial charge in [0, 0.05) is 23.1 Å². The van der Waals surface area contributed by atoms with E-state index in [1.165, 1.54) is 5.56 Å². The van der Waals surface area contributed by atoms with Gasteiger partial charge >= 0.3 is 0 Å². The highest BCUT2D eigenvalue weighted by atomic mass is 79.9. The number of hydrogen-bond donors (Lipinski definition) is 1. The van der Waals surface area contributed by atoms with Crippen LogP contribution in [0.15, 0.2) is 22.7 Å². The zero-order valence-corrected chi connectivity index (χ0v) is 14.2. The Balaban J connectivity index is 2.59. The first-order valence-corrected chi connectivity index (χ1v) is 7.37. The number of halogens is 1. The molecule has 3 nitrogen and oxygen atoms in total.